The molecule has 2 atom stereocenters. The third-order valence-electron chi connectivity index (χ3n) is 3.05. The Kier molecular flexibility index (Phi) is 2.84. The minimum Gasteiger partial charge on any atom is -0.354 e. The molecule has 0 aromatic carbocycles. The van der Waals surface area contributed by atoms with Gasteiger partial charge in [0.15, 0.2) is 0 Å². The van der Waals surface area contributed by atoms with Gasteiger partial charge in [-0.3, -0.25) is 0 Å². The molecule has 0 saturated heterocycles. The number of hydrogen-bond acceptors (Lipinski definition) is 3. The van der Waals surface area contributed by atoms with Crippen molar-refractivity contribution in [3.05, 3.63) is 18.1 Å². The molecule has 4 heteroatoms. The van der Waals surface area contributed by atoms with Gasteiger partial charge in [-0.15, -0.1) is 0 Å². The Morgan fingerprint density at radius 3 is 2.80 bits per heavy atom. The van der Waals surface area contributed by atoms with Gasteiger partial charge in [-0.2, -0.15) is 0 Å². The largest absolute Gasteiger partial charge is 0.354 e. The zero-order chi connectivity index (χ0) is 10.8. The normalized spacial score (nSPS) is 25.5. The summed E-state index contributed by atoms with van der Waals surface area (Å²) in [6, 6.07) is 1.88. The molecule has 0 radical (unpaired) electrons. The van der Waals surface area contributed by atoms with E-state index in [2.05, 4.69) is 9.97 Å². The molecule has 1 saturated carbocycles. The van der Waals surface area contributed by atoms with E-state index in [9.17, 15) is 4.39 Å². The number of nitrogens with zero attached hydrogens (tertiary/aromatic N) is 3. The van der Waals surface area contributed by atoms with Gasteiger partial charge < -0.3 is 4.90 Å². The summed E-state index contributed by atoms with van der Waals surface area (Å²) in [5.41, 5.74) is 0.917. The highest BCUT2D eigenvalue weighted by Crippen LogP contribution is 2.28. The molecule has 1 aliphatic rings. The van der Waals surface area contributed by atoms with Crippen LogP contribution in [0.5, 0.6) is 0 Å². The first-order chi connectivity index (χ1) is 7.18. The highest BCUT2D eigenvalue weighted by atomic mass is 19.1. The maximum atomic E-state index is 13.5. The van der Waals surface area contributed by atoms with E-state index >= 15 is 0 Å². The molecule has 15 heavy (non-hydrogen) atoms. The van der Waals surface area contributed by atoms with Gasteiger partial charge in [0.25, 0.3) is 0 Å². The van der Waals surface area contributed by atoms with Crippen LogP contribution in [0.25, 0.3) is 0 Å². The zero-order valence-electron chi connectivity index (χ0n) is 9.15. The summed E-state index contributed by atoms with van der Waals surface area (Å²) in [6.07, 6.45) is 3.38. The first-order valence-electron chi connectivity index (χ1n) is 5.34. The van der Waals surface area contributed by atoms with Crippen molar-refractivity contribution in [3.63, 3.8) is 0 Å². The SMILES string of the molecule is Cc1cc(N(C)C2CCCC2F)ncn1. The molecule has 1 aromatic rings. The zero-order valence-corrected chi connectivity index (χ0v) is 9.15. The molecule has 2 rings (SSSR count). The first-order valence-corrected chi connectivity index (χ1v) is 5.34. The Labute approximate surface area is 89.3 Å². The second-order valence-electron chi connectivity index (χ2n) is 4.14. The summed E-state index contributed by atoms with van der Waals surface area (Å²) in [5.74, 6) is 0.817. The van der Waals surface area contributed by atoms with Crippen LogP contribution >= 0.6 is 0 Å². The topological polar surface area (TPSA) is 29.0 Å². The second kappa shape index (κ2) is 4.13. The minimum atomic E-state index is -0.717. The van der Waals surface area contributed by atoms with Crippen LogP contribution in [0.1, 0.15) is 25.0 Å². The van der Waals surface area contributed by atoms with E-state index in [4.69, 9.17) is 0 Å². The molecule has 1 aromatic heterocycles. The number of rotatable bonds is 2. The van der Waals surface area contributed by atoms with Crippen LogP contribution in [0.3, 0.4) is 0 Å². The second-order valence-corrected chi connectivity index (χ2v) is 4.14. The molecule has 0 spiro atoms. The fourth-order valence-corrected chi connectivity index (χ4v) is 2.13. The fourth-order valence-electron chi connectivity index (χ4n) is 2.13. The van der Waals surface area contributed by atoms with Crippen LogP contribution in [0.2, 0.25) is 0 Å². The lowest BCUT2D eigenvalue weighted by atomic mass is 10.2. The van der Waals surface area contributed by atoms with Gasteiger partial charge in [-0.25, -0.2) is 14.4 Å². The van der Waals surface area contributed by atoms with Crippen LogP contribution in [0.4, 0.5) is 10.2 Å². The molecule has 0 N–H and O–H groups in total. The van der Waals surface area contributed by atoms with Gasteiger partial charge in [0, 0.05) is 18.8 Å². The molecule has 1 heterocycles. The summed E-state index contributed by atoms with van der Waals surface area (Å²) in [6.45, 7) is 1.92. The van der Waals surface area contributed by atoms with Gasteiger partial charge in [-0.05, 0) is 26.2 Å². The molecule has 0 bridgehead atoms. The number of hydrogen-bond donors (Lipinski definition) is 0. The summed E-state index contributed by atoms with van der Waals surface area (Å²) in [5, 5.41) is 0. The lowest BCUT2D eigenvalue weighted by Gasteiger charge is -2.27. The molecular weight excluding hydrogens is 193 g/mol. The molecule has 0 amide bonds. The van der Waals surface area contributed by atoms with Gasteiger partial charge in [0.05, 0.1) is 6.04 Å². The highest BCUT2D eigenvalue weighted by Gasteiger charge is 2.30. The molecule has 2 unspecified atom stereocenters. The first kappa shape index (κ1) is 10.3. The van der Waals surface area contributed by atoms with Crippen LogP contribution in [-0.4, -0.2) is 29.2 Å². The number of aromatic nitrogens is 2. The summed E-state index contributed by atoms with van der Waals surface area (Å²) in [7, 11) is 1.91. The number of anilines is 1. The fraction of sp³-hybridized carbons (Fsp3) is 0.636. The molecular formula is C11H16FN3. The summed E-state index contributed by atoms with van der Waals surface area (Å²) < 4.78 is 13.5. The van der Waals surface area contributed by atoms with E-state index in [-0.39, 0.29) is 6.04 Å². The van der Waals surface area contributed by atoms with Crippen molar-refractivity contribution in [1.29, 1.82) is 0 Å². The van der Waals surface area contributed by atoms with E-state index in [0.29, 0.717) is 6.42 Å². The van der Waals surface area contributed by atoms with Crippen LogP contribution < -0.4 is 4.90 Å². The van der Waals surface area contributed by atoms with E-state index in [1.165, 1.54) is 6.33 Å². The van der Waals surface area contributed by atoms with Crippen LogP contribution in [0.15, 0.2) is 12.4 Å². The Hall–Kier alpha value is -1.19. The standard InChI is InChI=1S/C11H16FN3/c1-8-6-11(14-7-13-8)15(2)10-5-3-4-9(10)12/h6-7,9-10H,3-5H2,1-2H3. The highest BCUT2D eigenvalue weighted by molar-refractivity contribution is 5.39. The Bertz CT molecular complexity index is 342. The third kappa shape index (κ3) is 2.08. The van der Waals surface area contributed by atoms with Crippen molar-refractivity contribution >= 4 is 5.82 Å². The van der Waals surface area contributed by atoms with E-state index in [1.807, 2.05) is 24.9 Å². The molecule has 3 nitrogen and oxygen atoms in total. The smallest absolute Gasteiger partial charge is 0.132 e. The third-order valence-corrected chi connectivity index (χ3v) is 3.05. The predicted octanol–water partition coefficient (Wildman–Crippen LogP) is 2.11. The van der Waals surface area contributed by atoms with Gasteiger partial charge in [0.2, 0.25) is 0 Å². The van der Waals surface area contributed by atoms with E-state index in [0.717, 1.165) is 24.4 Å². The van der Waals surface area contributed by atoms with Gasteiger partial charge >= 0.3 is 0 Å². The lowest BCUT2D eigenvalue weighted by molar-refractivity contribution is 0.306. The molecule has 82 valence electrons. The van der Waals surface area contributed by atoms with Crippen molar-refractivity contribution in [2.24, 2.45) is 0 Å². The average molecular weight is 209 g/mol. The van der Waals surface area contributed by atoms with Crippen LogP contribution in [-0.2, 0) is 0 Å². The Morgan fingerprint density at radius 1 is 1.40 bits per heavy atom. The quantitative estimate of drug-likeness (QED) is 0.747. The Balaban J connectivity index is 2.16. The van der Waals surface area contributed by atoms with Crippen molar-refractivity contribution < 1.29 is 4.39 Å². The van der Waals surface area contributed by atoms with Crippen molar-refractivity contribution in [2.45, 2.75) is 38.4 Å². The Morgan fingerprint density at radius 2 is 2.20 bits per heavy atom. The molecule has 1 fully saturated rings. The molecule has 0 aliphatic heterocycles. The predicted molar refractivity (Wildman–Crippen MR) is 57.7 cm³/mol. The minimum absolute atomic E-state index is 0.0145. The monoisotopic (exact) mass is 209 g/mol. The van der Waals surface area contributed by atoms with Crippen LogP contribution in [0, 0.1) is 6.92 Å². The van der Waals surface area contributed by atoms with Crippen molar-refractivity contribution in [1.82, 2.24) is 9.97 Å². The average Bonchev–Trinajstić information content (AvgIpc) is 2.63. The van der Waals surface area contributed by atoms with Crippen molar-refractivity contribution in [3.8, 4) is 0 Å². The molecule has 1 aliphatic carbocycles. The van der Waals surface area contributed by atoms with Gasteiger partial charge in [0.1, 0.15) is 18.3 Å². The summed E-state index contributed by atoms with van der Waals surface area (Å²) >= 11 is 0. The number of halogens is 1. The van der Waals surface area contributed by atoms with Gasteiger partial charge in [-0.1, -0.05) is 0 Å². The summed E-state index contributed by atoms with van der Waals surface area (Å²) in [4.78, 5) is 10.1. The van der Waals surface area contributed by atoms with E-state index in [1.54, 1.807) is 0 Å². The lowest BCUT2D eigenvalue weighted by Crippen LogP contribution is -2.36. The number of alkyl halides is 1. The number of aryl methyl sites for hydroxylation is 1. The van der Waals surface area contributed by atoms with E-state index < -0.39 is 6.17 Å². The maximum Gasteiger partial charge on any atom is 0.132 e. The van der Waals surface area contributed by atoms with Crippen molar-refractivity contribution in [2.75, 3.05) is 11.9 Å². The maximum absolute atomic E-state index is 13.5.